The molecular formula is C17H22N4O3. The zero-order valence-corrected chi connectivity index (χ0v) is 14.0. The number of ether oxygens (including phenoxy) is 1. The van der Waals surface area contributed by atoms with Gasteiger partial charge in [0.25, 0.3) is 0 Å². The molecule has 1 N–H and O–H groups in total. The fraction of sp³-hybridized carbons (Fsp3) is 0.471. The molecule has 0 unspecified atom stereocenters. The molecule has 1 aliphatic rings. The third-order valence-corrected chi connectivity index (χ3v) is 3.95. The summed E-state index contributed by atoms with van der Waals surface area (Å²) < 4.78 is 10.3. The van der Waals surface area contributed by atoms with Gasteiger partial charge < -0.3 is 19.5 Å². The normalized spacial score (nSPS) is 13.6. The predicted molar refractivity (Wildman–Crippen MR) is 87.5 cm³/mol. The second-order valence-electron chi connectivity index (χ2n) is 5.83. The van der Waals surface area contributed by atoms with E-state index in [1.807, 2.05) is 36.1 Å². The highest BCUT2D eigenvalue weighted by Crippen LogP contribution is 2.29. The average Bonchev–Trinajstić information content (AvgIpc) is 3.35. The summed E-state index contributed by atoms with van der Waals surface area (Å²) in [7, 11) is 1.64. The maximum absolute atomic E-state index is 12.5. The molecule has 3 rings (SSSR count). The van der Waals surface area contributed by atoms with E-state index in [1.165, 1.54) is 0 Å². The highest BCUT2D eigenvalue weighted by molar-refractivity contribution is 5.74. The minimum absolute atomic E-state index is 0.108. The van der Waals surface area contributed by atoms with Gasteiger partial charge in [-0.15, -0.1) is 0 Å². The number of amides is 2. The van der Waals surface area contributed by atoms with Gasteiger partial charge in [-0.2, -0.15) is 4.98 Å². The van der Waals surface area contributed by atoms with Crippen molar-refractivity contribution in [2.24, 2.45) is 0 Å². The summed E-state index contributed by atoms with van der Waals surface area (Å²) in [5.74, 6) is 1.87. The minimum Gasteiger partial charge on any atom is -0.497 e. The topological polar surface area (TPSA) is 80.5 Å². The Kier molecular flexibility index (Phi) is 4.98. The van der Waals surface area contributed by atoms with Gasteiger partial charge in [0.1, 0.15) is 5.75 Å². The van der Waals surface area contributed by atoms with Crippen LogP contribution in [0.5, 0.6) is 5.75 Å². The van der Waals surface area contributed by atoms with E-state index in [4.69, 9.17) is 9.26 Å². The maximum Gasteiger partial charge on any atom is 0.318 e. The van der Waals surface area contributed by atoms with Crippen molar-refractivity contribution in [2.45, 2.75) is 45.3 Å². The van der Waals surface area contributed by atoms with E-state index in [2.05, 4.69) is 15.5 Å². The lowest BCUT2D eigenvalue weighted by Gasteiger charge is -2.23. The molecule has 1 saturated carbocycles. The van der Waals surface area contributed by atoms with Crippen LogP contribution >= 0.6 is 0 Å². The van der Waals surface area contributed by atoms with Gasteiger partial charge in [-0.25, -0.2) is 4.79 Å². The van der Waals surface area contributed by atoms with E-state index in [0.29, 0.717) is 30.7 Å². The Morgan fingerprint density at radius 1 is 1.46 bits per heavy atom. The van der Waals surface area contributed by atoms with Gasteiger partial charge >= 0.3 is 6.03 Å². The predicted octanol–water partition coefficient (Wildman–Crippen LogP) is 2.51. The molecule has 0 spiro atoms. The van der Waals surface area contributed by atoms with E-state index >= 15 is 0 Å². The summed E-state index contributed by atoms with van der Waals surface area (Å²) in [6.45, 7) is 2.77. The largest absolute Gasteiger partial charge is 0.497 e. The third-order valence-electron chi connectivity index (χ3n) is 3.95. The second-order valence-corrected chi connectivity index (χ2v) is 5.83. The molecule has 2 aromatic rings. The lowest BCUT2D eigenvalue weighted by molar-refractivity contribution is 0.191. The van der Waals surface area contributed by atoms with E-state index in [-0.39, 0.29) is 12.6 Å². The first kappa shape index (κ1) is 16.3. The molecule has 24 heavy (non-hydrogen) atoms. The molecule has 0 bridgehead atoms. The fourth-order valence-corrected chi connectivity index (χ4v) is 2.48. The molecule has 1 aliphatic carbocycles. The number of aryl methyl sites for hydroxylation is 1. The number of urea groups is 1. The summed E-state index contributed by atoms with van der Waals surface area (Å²) in [5, 5.41) is 6.73. The summed E-state index contributed by atoms with van der Waals surface area (Å²) >= 11 is 0. The molecule has 1 heterocycles. The molecule has 0 saturated heterocycles. The Balaban J connectivity index is 1.61. The Bertz CT molecular complexity index is 697. The van der Waals surface area contributed by atoms with Crippen molar-refractivity contribution < 1.29 is 14.1 Å². The van der Waals surface area contributed by atoms with Gasteiger partial charge in [0.15, 0.2) is 5.82 Å². The first-order valence-electron chi connectivity index (χ1n) is 8.18. The Morgan fingerprint density at radius 2 is 2.29 bits per heavy atom. The van der Waals surface area contributed by atoms with Crippen molar-refractivity contribution >= 4 is 6.03 Å². The number of carbonyl (C=O) groups excluding carboxylic acids is 1. The molecule has 0 atom stereocenters. The molecule has 7 heteroatoms. The highest BCUT2D eigenvalue weighted by Gasteiger charge is 2.32. The van der Waals surface area contributed by atoms with E-state index in [1.54, 1.807) is 7.11 Å². The molecule has 1 aromatic carbocycles. The van der Waals surface area contributed by atoms with Crippen LogP contribution in [0.4, 0.5) is 4.79 Å². The Morgan fingerprint density at radius 3 is 2.96 bits per heavy atom. The summed E-state index contributed by atoms with van der Waals surface area (Å²) in [6, 6.07) is 7.97. The lowest BCUT2D eigenvalue weighted by Crippen LogP contribution is -2.40. The van der Waals surface area contributed by atoms with Gasteiger partial charge in [-0.05, 0) is 30.5 Å². The fourth-order valence-electron chi connectivity index (χ4n) is 2.48. The van der Waals surface area contributed by atoms with Gasteiger partial charge in [0.05, 0.1) is 13.7 Å². The summed E-state index contributed by atoms with van der Waals surface area (Å²) in [5.41, 5.74) is 1.05. The standard InChI is InChI=1S/C17H22N4O3/c1-3-16-19-15(20-24-16)10-18-17(22)21(13-7-8-13)11-12-5-4-6-14(9-12)23-2/h4-6,9,13H,3,7-8,10-11H2,1-2H3,(H,18,22). The van der Waals surface area contributed by atoms with Gasteiger partial charge in [0.2, 0.25) is 5.89 Å². The van der Waals surface area contributed by atoms with Crippen LogP contribution in [0.15, 0.2) is 28.8 Å². The van der Waals surface area contributed by atoms with Crippen LogP contribution in [-0.2, 0) is 19.5 Å². The van der Waals surface area contributed by atoms with Crippen molar-refractivity contribution in [2.75, 3.05) is 7.11 Å². The van der Waals surface area contributed by atoms with Gasteiger partial charge in [-0.1, -0.05) is 24.2 Å². The van der Waals surface area contributed by atoms with Crippen molar-refractivity contribution in [3.8, 4) is 5.75 Å². The number of hydrogen-bond acceptors (Lipinski definition) is 5. The summed E-state index contributed by atoms with van der Waals surface area (Å²) in [6.07, 6.45) is 2.77. The maximum atomic E-state index is 12.5. The monoisotopic (exact) mass is 330 g/mol. The quantitative estimate of drug-likeness (QED) is 0.844. The first-order chi connectivity index (χ1) is 11.7. The third kappa shape index (κ3) is 4.04. The number of methoxy groups -OCH3 is 1. The molecule has 2 amide bonds. The second kappa shape index (κ2) is 7.33. The van der Waals surface area contributed by atoms with Crippen LogP contribution in [0, 0.1) is 0 Å². The van der Waals surface area contributed by atoms with Gasteiger partial charge in [-0.3, -0.25) is 0 Å². The van der Waals surface area contributed by atoms with E-state index in [9.17, 15) is 4.79 Å². The number of benzene rings is 1. The summed E-state index contributed by atoms with van der Waals surface area (Å²) in [4.78, 5) is 18.6. The molecule has 1 fully saturated rings. The first-order valence-corrected chi connectivity index (χ1v) is 8.18. The molecule has 1 aromatic heterocycles. The molecule has 0 aliphatic heterocycles. The van der Waals surface area contributed by atoms with Crippen LogP contribution in [0.3, 0.4) is 0 Å². The minimum atomic E-state index is -0.108. The van der Waals surface area contributed by atoms with Crippen molar-refractivity contribution in [3.05, 3.63) is 41.5 Å². The molecular weight excluding hydrogens is 308 g/mol. The van der Waals surface area contributed by atoms with E-state index < -0.39 is 0 Å². The van der Waals surface area contributed by atoms with Gasteiger partial charge in [0, 0.05) is 19.0 Å². The zero-order valence-electron chi connectivity index (χ0n) is 14.0. The highest BCUT2D eigenvalue weighted by atomic mass is 16.5. The van der Waals surface area contributed by atoms with Crippen molar-refractivity contribution in [1.82, 2.24) is 20.4 Å². The zero-order chi connectivity index (χ0) is 16.9. The lowest BCUT2D eigenvalue weighted by atomic mass is 10.2. The Labute approximate surface area is 141 Å². The average molecular weight is 330 g/mol. The van der Waals surface area contributed by atoms with E-state index in [0.717, 1.165) is 24.2 Å². The Hall–Kier alpha value is -2.57. The van der Waals surface area contributed by atoms with Crippen LogP contribution in [-0.4, -0.2) is 34.2 Å². The number of aromatic nitrogens is 2. The number of carbonyl (C=O) groups is 1. The molecule has 0 radical (unpaired) electrons. The van der Waals surface area contributed by atoms with Crippen LogP contribution < -0.4 is 10.1 Å². The molecule has 7 nitrogen and oxygen atoms in total. The molecule has 128 valence electrons. The van der Waals surface area contributed by atoms with Crippen LogP contribution in [0.2, 0.25) is 0 Å². The number of hydrogen-bond donors (Lipinski definition) is 1. The number of nitrogens with one attached hydrogen (secondary N) is 1. The van der Waals surface area contributed by atoms with Crippen LogP contribution in [0.25, 0.3) is 0 Å². The number of nitrogens with zero attached hydrogens (tertiary/aromatic N) is 3. The smallest absolute Gasteiger partial charge is 0.318 e. The number of rotatable bonds is 7. The SMILES string of the molecule is CCc1nc(CNC(=O)N(Cc2cccc(OC)c2)C2CC2)no1. The van der Waals surface area contributed by atoms with Crippen LogP contribution in [0.1, 0.15) is 37.0 Å². The van der Waals surface area contributed by atoms with Crippen molar-refractivity contribution in [1.29, 1.82) is 0 Å². The van der Waals surface area contributed by atoms with Crippen molar-refractivity contribution in [3.63, 3.8) is 0 Å².